The number of hydrogen-bond acceptors (Lipinski definition) is 3. The molecular weight excluding hydrogens is 311 g/mol. The zero-order valence-electron chi connectivity index (χ0n) is 11.9. The Bertz CT molecular complexity index is 822. The first-order valence-electron chi connectivity index (χ1n) is 6.37. The first-order chi connectivity index (χ1) is 10.1. The van der Waals surface area contributed by atoms with Crippen LogP contribution >= 0.6 is 23.2 Å². The molecule has 7 heteroatoms. The van der Waals surface area contributed by atoms with Gasteiger partial charge in [0.2, 0.25) is 0 Å². The van der Waals surface area contributed by atoms with E-state index in [0.717, 1.165) is 28.4 Å². The van der Waals surface area contributed by atoms with Gasteiger partial charge < -0.3 is 4.74 Å². The molecule has 1 aromatic carbocycles. The van der Waals surface area contributed by atoms with Crippen molar-refractivity contribution in [3.05, 3.63) is 34.7 Å². The maximum Gasteiger partial charge on any atom is 0.163 e. The van der Waals surface area contributed by atoms with Crippen LogP contribution in [0.25, 0.3) is 16.9 Å². The number of nitrogens with zero attached hydrogens (tertiary/aromatic N) is 4. The zero-order chi connectivity index (χ0) is 15.1. The van der Waals surface area contributed by atoms with Crippen LogP contribution in [0.4, 0.5) is 0 Å². The van der Waals surface area contributed by atoms with Crippen LogP contribution in [0, 0.1) is 6.92 Å². The molecule has 0 amide bonds. The second-order valence-electron chi connectivity index (χ2n) is 4.69. The fraction of sp³-hybridized carbons (Fsp3) is 0.286. The molecule has 0 aliphatic carbocycles. The Morgan fingerprint density at radius 1 is 1.33 bits per heavy atom. The molecule has 2 heterocycles. The van der Waals surface area contributed by atoms with Crippen LogP contribution in [0.15, 0.2) is 18.2 Å². The Hall–Kier alpha value is -1.72. The molecule has 110 valence electrons. The highest BCUT2D eigenvalue weighted by Gasteiger charge is 2.20. The third-order valence-electron chi connectivity index (χ3n) is 3.37. The van der Waals surface area contributed by atoms with Crippen molar-refractivity contribution in [3.8, 4) is 11.4 Å². The fourth-order valence-electron chi connectivity index (χ4n) is 2.50. The van der Waals surface area contributed by atoms with Gasteiger partial charge in [0.1, 0.15) is 17.1 Å². The average molecular weight is 325 g/mol. The summed E-state index contributed by atoms with van der Waals surface area (Å²) in [4.78, 5) is 4.58. The van der Waals surface area contributed by atoms with Gasteiger partial charge in [0, 0.05) is 12.1 Å². The summed E-state index contributed by atoms with van der Waals surface area (Å²) in [7, 11) is 3.50. The van der Waals surface area contributed by atoms with Crippen molar-refractivity contribution in [2.75, 3.05) is 7.11 Å². The van der Waals surface area contributed by atoms with Crippen LogP contribution in [-0.4, -0.2) is 26.4 Å². The van der Waals surface area contributed by atoms with Gasteiger partial charge in [-0.3, -0.25) is 4.57 Å². The number of aryl methyl sites for hydroxylation is 2. The largest absolute Gasteiger partial charge is 0.495 e. The van der Waals surface area contributed by atoms with E-state index in [0.29, 0.717) is 10.8 Å². The summed E-state index contributed by atoms with van der Waals surface area (Å²) in [6.45, 7) is 1.92. The number of imidazole rings is 1. The number of benzene rings is 1. The summed E-state index contributed by atoms with van der Waals surface area (Å²) in [5.74, 6) is 1.70. The Morgan fingerprint density at radius 2 is 2.10 bits per heavy atom. The van der Waals surface area contributed by atoms with E-state index in [2.05, 4.69) is 10.1 Å². The summed E-state index contributed by atoms with van der Waals surface area (Å²) in [6, 6.07) is 5.44. The van der Waals surface area contributed by atoms with Gasteiger partial charge in [-0.15, -0.1) is 11.6 Å². The molecule has 0 unspecified atom stereocenters. The number of alkyl halides is 1. The minimum Gasteiger partial charge on any atom is -0.495 e. The van der Waals surface area contributed by atoms with Crippen molar-refractivity contribution in [3.63, 3.8) is 0 Å². The molecule has 0 aliphatic rings. The monoisotopic (exact) mass is 324 g/mol. The van der Waals surface area contributed by atoms with Gasteiger partial charge >= 0.3 is 0 Å². The number of aromatic nitrogens is 4. The van der Waals surface area contributed by atoms with Crippen LogP contribution in [0.2, 0.25) is 5.02 Å². The van der Waals surface area contributed by atoms with Crippen molar-refractivity contribution in [2.45, 2.75) is 12.8 Å². The molecule has 5 nitrogen and oxygen atoms in total. The van der Waals surface area contributed by atoms with Crippen molar-refractivity contribution >= 4 is 34.4 Å². The second-order valence-corrected chi connectivity index (χ2v) is 5.40. The molecule has 0 aliphatic heterocycles. The Balaban J connectivity index is 2.41. The summed E-state index contributed by atoms with van der Waals surface area (Å²) in [6.07, 6.45) is 0. The average Bonchev–Trinajstić information content (AvgIpc) is 2.97. The van der Waals surface area contributed by atoms with E-state index < -0.39 is 0 Å². The standard InChI is InChI=1S/C14H14Cl2N4O/c1-8-13-14(19(2)18-8)20(12(7-15)17-13)10-6-9(16)4-5-11(10)21-3/h4-6H,7H2,1-3H3. The number of methoxy groups -OCH3 is 1. The zero-order valence-corrected chi connectivity index (χ0v) is 13.4. The smallest absolute Gasteiger partial charge is 0.163 e. The van der Waals surface area contributed by atoms with Crippen LogP contribution in [-0.2, 0) is 12.9 Å². The van der Waals surface area contributed by atoms with Crippen LogP contribution < -0.4 is 4.74 Å². The van der Waals surface area contributed by atoms with E-state index in [1.165, 1.54) is 0 Å². The van der Waals surface area contributed by atoms with Crippen molar-refractivity contribution in [2.24, 2.45) is 7.05 Å². The summed E-state index contributed by atoms with van der Waals surface area (Å²) in [5, 5.41) is 5.02. The molecule has 0 fully saturated rings. The number of ether oxygens (including phenoxy) is 1. The normalized spacial score (nSPS) is 11.3. The minimum absolute atomic E-state index is 0.282. The Kier molecular flexibility index (Phi) is 3.55. The van der Waals surface area contributed by atoms with Crippen molar-refractivity contribution in [1.82, 2.24) is 19.3 Å². The highest BCUT2D eigenvalue weighted by atomic mass is 35.5. The van der Waals surface area contributed by atoms with E-state index in [4.69, 9.17) is 27.9 Å². The van der Waals surface area contributed by atoms with Gasteiger partial charge in [0.15, 0.2) is 5.65 Å². The lowest BCUT2D eigenvalue weighted by atomic mass is 10.3. The van der Waals surface area contributed by atoms with E-state index in [-0.39, 0.29) is 5.88 Å². The first-order valence-corrected chi connectivity index (χ1v) is 7.29. The quantitative estimate of drug-likeness (QED) is 0.693. The van der Waals surface area contributed by atoms with E-state index in [9.17, 15) is 0 Å². The van der Waals surface area contributed by atoms with E-state index in [1.807, 2.05) is 30.7 Å². The second kappa shape index (κ2) is 5.24. The lowest BCUT2D eigenvalue weighted by Crippen LogP contribution is -2.06. The number of hydrogen-bond donors (Lipinski definition) is 0. The number of rotatable bonds is 3. The predicted octanol–water partition coefficient (Wildman–Crippen LogP) is 3.47. The van der Waals surface area contributed by atoms with Gasteiger partial charge in [-0.2, -0.15) is 5.10 Å². The molecule has 0 saturated carbocycles. The molecule has 0 radical (unpaired) electrons. The van der Waals surface area contributed by atoms with Gasteiger partial charge in [-0.25, -0.2) is 9.67 Å². The van der Waals surface area contributed by atoms with Crippen LogP contribution in [0.5, 0.6) is 5.75 Å². The molecule has 0 spiro atoms. The molecular formula is C14H14Cl2N4O. The molecule has 3 aromatic rings. The lowest BCUT2D eigenvalue weighted by Gasteiger charge is -2.13. The lowest BCUT2D eigenvalue weighted by molar-refractivity contribution is 0.412. The SMILES string of the molecule is COc1ccc(Cl)cc1-n1c(CCl)nc2c(C)nn(C)c21. The molecule has 0 atom stereocenters. The predicted molar refractivity (Wildman–Crippen MR) is 83.7 cm³/mol. The molecule has 0 bridgehead atoms. The molecule has 21 heavy (non-hydrogen) atoms. The van der Waals surface area contributed by atoms with Gasteiger partial charge in [-0.1, -0.05) is 11.6 Å². The minimum atomic E-state index is 0.282. The van der Waals surface area contributed by atoms with Gasteiger partial charge in [0.25, 0.3) is 0 Å². The van der Waals surface area contributed by atoms with Crippen LogP contribution in [0.3, 0.4) is 0 Å². The van der Waals surface area contributed by atoms with Crippen molar-refractivity contribution < 1.29 is 4.74 Å². The highest BCUT2D eigenvalue weighted by molar-refractivity contribution is 6.30. The van der Waals surface area contributed by atoms with Gasteiger partial charge in [0.05, 0.1) is 24.4 Å². The maximum absolute atomic E-state index is 6.14. The summed E-state index contributed by atoms with van der Waals surface area (Å²) in [5.41, 5.74) is 3.35. The van der Waals surface area contributed by atoms with Crippen LogP contribution in [0.1, 0.15) is 11.5 Å². The summed E-state index contributed by atoms with van der Waals surface area (Å²) < 4.78 is 9.16. The Morgan fingerprint density at radius 3 is 2.76 bits per heavy atom. The maximum atomic E-state index is 6.14. The van der Waals surface area contributed by atoms with E-state index >= 15 is 0 Å². The first kappa shape index (κ1) is 14.2. The summed E-state index contributed by atoms with van der Waals surface area (Å²) >= 11 is 12.2. The number of halogens is 2. The Labute approximate surface area is 132 Å². The topological polar surface area (TPSA) is 44.9 Å². The molecule has 0 saturated heterocycles. The highest BCUT2D eigenvalue weighted by Crippen LogP contribution is 2.32. The van der Waals surface area contributed by atoms with Gasteiger partial charge in [-0.05, 0) is 25.1 Å². The molecule has 2 aromatic heterocycles. The fourth-order valence-corrected chi connectivity index (χ4v) is 2.84. The molecule has 3 rings (SSSR count). The third kappa shape index (κ3) is 2.17. The third-order valence-corrected chi connectivity index (χ3v) is 3.85. The van der Waals surface area contributed by atoms with Crippen molar-refractivity contribution in [1.29, 1.82) is 0 Å². The van der Waals surface area contributed by atoms with E-state index in [1.54, 1.807) is 17.9 Å². The number of fused-ring (bicyclic) bond motifs is 1. The molecule has 0 N–H and O–H groups in total.